The van der Waals surface area contributed by atoms with Crippen molar-refractivity contribution in [3.8, 4) is 0 Å². The van der Waals surface area contributed by atoms with Gasteiger partial charge in [0.2, 0.25) is 0 Å². The maximum Gasteiger partial charge on any atom is 0.328 e. The quantitative estimate of drug-likeness (QED) is 0.721. The zero-order valence-corrected chi connectivity index (χ0v) is 10.5. The van der Waals surface area contributed by atoms with E-state index >= 15 is 0 Å². The fraction of sp³-hybridized carbons (Fsp3) is 0.462. The van der Waals surface area contributed by atoms with Crippen molar-refractivity contribution in [2.24, 2.45) is 14.1 Å². The highest BCUT2D eigenvalue weighted by Gasteiger charge is 2.13. The maximum absolute atomic E-state index is 11.8. The van der Waals surface area contributed by atoms with Gasteiger partial charge >= 0.3 is 5.69 Å². The van der Waals surface area contributed by atoms with E-state index in [2.05, 4.69) is 26.8 Å². The summed E-state index contributed by atoms with van der Waals surface area (Å²) >= 11 is 0. The molecule has 0 N–H and O–H groups in total. The molecule has 0 aliphatic heterocycles. The monoisotopic (exact) mass is 218 g/mol. The van der Waals surface area contributed by atoms with Gasteiger partial charge in [0.15, 0.2) is 0 Å². The van der Waals surface area contributed by atoms with E-state index in [0.717, 1.165) is 11.0 Å². The molecule has 1 aromatic heterocycles. The first-order chi connectivity index (χ1) is 7.45. The second kappa shape index (κ2) is 3.51. The Kier molecular flexibility index (Phi) is 2.41. The zero-order chi connectivity index (χ0) is 12.0. The molecule has 0 aliphatic rings. The number of aromatic nitrogens is 2. The van der Waals surface area contributed by atoms with Gasteiger partial charge in [-0.1, -0.05) is 19.9 Å². The van der Waals surface area contributed by atoms with Crippen molar-refractivity contribution in [1.29, 1.82) is 0 Å². The smallest absolute Gasteiger partial charge is 0.295 e. The number of hydrogen-bond donors (Lipinski definition) is 0. The summed E-state index contributed by atoms with van der Waals surface area (Å²) in [5, 5.41) is 0. The Balaban J connectivity index is 2.95. The lowest BCUT2D eigenvalue weighted by atomic mass is 9.97. The second-order valence-corrected chi connectivity index (χ2v) is 4.70. The Morgan fingerprint density at radius 3 is 2.31 bits per heavy atom. The van der Waals surface area contributed by atoms with E-state index in [4.69, 9.17) is 0 Å². The summed E-state index contributed by atoms with van der Waals surface area (Å²) in [6, 6.07) is 4.17. The van der Waals surface area contributed by atoms with Crippen LogP contribution < -0.4 is 5.69 Å². The summed E-state index contributed by atoms with van der Waals surface area (Å²) in [5.74, 6) is 0.486. The number of benzene rings is 1. The Hall–Kier alpha value is -1.51. The zero-order valence-electron chi connectivity index (χ0n) is 10.5. The van der Waals surface area contributed by atoms with Crippen LogP contribution in [0.25, 0.3) is 11.0 Å². The van der Waals surface area contributed by atoms with E-state index < -0.39 is 0 Å². The van der Waals surface area contributed by atoms with Gasteiger partial charge in [0, 0.05) is 14.1 Å². The topological polar surface area (TPSA) is 26.9 Å². The van der Waals surface area contributed by atoms with E-state index in [0.29, 0.717) is 5.92 Å². The van der Waals surface area contributed by atoms with Crippen LogP contribution in [-0.4, -0.2) is 9.13 Å². The van der Waals surface area contributed by atoms with Crippen LogP contribution in [0.5, 0.6) is 0 Å². The second-order valence-electron chi connectivity index (χ2n) is 4.70. The third kappa shape index (κ3) is 1.31. The van der Waals surface area contributed by atoms with Crippen LogP contribution in [0.1, 0.15) is 30.9 Å². The van der Waals surface area contributed by atoms with Crippen LogP contribution in [0.4, 0.5) is 0 Å². The van der Waals surface area contributed by atoms with Crippen molar-refractivity contribution in [2.75, 3.05) is 0 Å². The minimum absolute atomic E-state index is 0.0407. The molecule has 0 bridgehead atoms. The molecule has 0 saturated heterocycles. The molecule has 0 atom stereocenters. The molecular weight excluding hydrogens is 200 g/mol. The van der Waals surface area contributed by atoms with Crippen molar-refractivity contribution in [2.45, 2.75) is 26.7 Å². The Morgan fingerprint density at radius 1 is 1.12 bits per heavy atom. The van der Waals surface area contributed by atoms with Gasteiger partial charge in [-0.15, -0.1) is 0 Å². The minimum Gasteiger partial charge on any atom is -0.295 e. The van der Waals surface area contributed by atoms with Gasteiger partial charge in [-0.05, 0) is 30.0 Å². The van der Waals surface area contributed by atoms with Crippen LogP contribution >= 0.6 is 0 Å². The van der Waals surface area contributed by atoms with Crippen molar-refractivity contribution in [3.63, 3.8) is 0 Å². The van der Waals surface area contributed by atoms with Crippen LogP contribution in [0.2, 0.25) is 0 Å². The van der Waals surface area contributed by atoms with Gasteiger partial charge in [-0.3, -0.25) is 9.13 Å². The van der Waals surface area contributed by atoms with Crippen LogP contribution in [0, 0.1) is 6.92 Å². The normalized spacial score (nSPS) is 11.6. The van der Waals surface area contributed by atoms with E-state index in [1.807, 2.05) is 20.2 Å². The first kappa shape index (κ1) is 11.0. The lowest BCUT2D eigenvalue weighted by Crippen LogP contribution is -2.19. The highest BCUT2D eigenvalue weighted by Crippen LogP contribution is 2.25. The van der Waals surface area contributed by atoms with Crippen molar-refractivity contribution >= 4 is 11.0 Å². The third-order valence-electron chi connectivity index (χ3n) is 3.34. The molecule has 1 aromatic carbocycles. The number of aryl methyl sites for hydroxylation is 3. The average molecular weight is 218 g/mol. The first-order valence-electron chi connectivity index (χ1n) is 5.60. The van der Waals surface area contributed by atoms with Gasteiger partial charge < -0.3 is 0 Å². The highest BCUT2D eigenvalue weighted by molar-refractivity contribution is 5.81. The molecule has 16 heavy (non-hydrogen) atoms. The van der Waals surface area contributed by atoms with Crippen LogP contribution in [0.3, 0.4) is 0 Å². The lowest BCUT2D eigenvalue weighted by Gasteiger charge is -2.11. The predicted octanol–water partition coefficient (Wildman–Crippen LogP) is 2.31. The molecule has 0 fully saturated rings. The Bertz CT molecular complexity index is 602. The van der Waals surface area contributed by atoms with Crippen LogP contribution in [0.15, 0.2) is 16.9 Å². The third-order valence-corrected chi connectivity index (χ3v) is 3.34. The van der Waals surface area contributed by atoms with Gasteiger partial charge in [0.25, 0.3) is 0 Å². The van der Waals surface area contributed by atoms with Crippen molar-refractivity contribution in [1.82, 2.24) is 9.13 Å². The van der Waals surface area contributed by atoms with Gasteiger partial charge in [0.05, 0.1) is 11.0 Å². The predicted molar refractivity (Wildman–Crippen MR) is 67.0 cm³/mol. The number of rotatable bonds is 1. The Labute approximate surface area is 95.3 Å². The molecule has 0 unspecified atom stereocenters. The summed E-state index contributed by atoms with van der Waals surface area (Å²) in [4.78, 5) is 11.8. The molecule has 0 amide bonds. The fourth-order valence-electron chi connectivity index (χ4n) is 2.44. The fourth-order valence-corrected chi connectivity index (χ4v) is 2.44. The van der Waals surface area contributed by atoms with Crippen LogP contribution in [-0.2, 0) is 14.1 Å². The van der Waals surface area contributed by atoms with Gasteiger partial charge in [-0.2, -0.15) is 0 Å². The summed E-state index contributed by atoms with van der Waals surface area (Å²) in [6.07, 6.45) is 0. The van der Waals surface area contributed by atoms with E-state index in [9.17, 15) is 4.79 Å². The summed E-state index contributed by atoms with van der Waals surface area (Å²) in [5.41, 5.74) is 4.63. The minimum atomic E-state index is 0.0407. The molecule has 0 saturated carbocycles. The molecule has 86 valence electrons. The molecule has 0 aliphatic carbocycles. The highest BCUT2D eigenvalue weighted by atomic mass is 16.1. The summed E-state index contributed by atoms with van der Waals surface area (Å²) in [7, 11) is 3.65. The molecule has 0 spiro atoms. The van der Waals surface area contributed by atoms with E-state index in [-0.39, 0.29) is 5.69 Å². The molecule has 0 radical (unpaired) electrons. The number of imidazole rings is 1. The molecule has 1 heterocycles. The summed E-state index contributed by atoms with van der Waals surface area (Å²) in [6.45, 7) is 6.45. The lowest BCUT2D eigenvalue weighted by molar-refractivity contribution is 0.793. The summed E-state index contributed by atoms with van der Waals surface area (Å²) < 4.78 is 3.43. The van der Waals surface area contributed by atoms with E-state index in [1.54, 1.807) is 9.13 Å². The molecule has 2 rings (SSSR count). The number of nitrogens with zero attached hydrogens (tertiary/aromatic N) is 2. The molecule has 2 aromatic rings. The Morgan fingerprint density at radius 2 is 1.75 bits per heavy atom. The first-order valence-corrected chi connectivity index (χ1v) is 5.60. The van der Waals surface area contributed by atoms with Crippen molar-refractivity contribution < 1.29 is 0 Å². The van der Waals surface area contributed by atoms with Gasteiger partial charge in [-0.25, -0.2) is 4.79 Å². The average Bonchev–Trinajstić information content (AvgIpc) is 2.44. The van der Waals surface area contributed by atoms with Crippen molar-refractivity contribution in [3.05, 3.63) is 33.7 Å². The largest absolute Gasteiger partial charge is 0.328 e. The number of hydrogen-bond acceptors (Lipinski definition) is 1. The van der Waals surface area contributed by atoms with E-state index in [1.165, 1.54) is 11.1 Å². The molecule has 3 nitrogen and oxygen atoms in total. The van der Waals surface area contributed by atoms with Gasteiger partial charge in [0.1, 0.15) is 0 Å². The SMILES string of the molecule is Cc1c(C(C)C)ccc2c1n(C)c(=O)n2C. The molecule has 3 heteroatoms. The maximum atomic E-state index is 11.8. The number of fused-ring (bicyclic) bond motifs is 1. The standard InChI is InChI=1S/C13H18N2O/c1-8(2)10-6-7-11-12(9(10)3)15(5)13(16)14(11)4/h6-8H,1-5H3. The molecular formula is C13H18N2O.